The van der Waals surface area contributed by atoms with Crippen molar-refractivity contribution in [3.8, 4) is 0 Å². The third-order valence-electron chi connectivity index (χ3n) is 4.04. The fourth-order valence-corrected chi connectivity index (χ4v) is 2.72. The average Bonchev–Trinajstić information content (AvgIpc) is 2.57. The number of nitrogens with one attached hydrogen (secondary N) is 2. The van der Waals surface area contributed by atoms with Gasteiger partial charge in [-0.25, -0.2) is 9.97 Å². The van der Waals surface area contributed by atoms with Gasteiger partial charge in [0.25, 0.3) is 0 Å². The highest BCUT2D eigenvalue weighted by atomic mass is 35.5. The second-order valence-electron chi connectivity index (χ2n) is 5.97. The molecule has 25 heavy (non-hydrogen) atoms. The molecule has 1 aromatic heterocycles. The molecule has 0 saturated carbocycles. The van der Waals surface area contributed by atoms with Crippen LogP contribution >= 0.6 is 11.6 Å². The minimum absolute atomic E-state index is 0.446. The molecule has 3 rings (SSSR count). The number of anilines is 5. The zero-order valence-electron chi connectivity index (χ0n) is 14.4. The van der Waals surface area contributed by atoms with Crippen LogP contribution in [-0.4, -0.2) is 9.97 Å². The van der Waals surface area contributed by atoms with Crippen LogP contribution < -0.4 is 16.4 Å². The van der Waals surface area contributed by atoms with Gasteiger partial charge in [0.2, 0.25) is 0 Å². The molecule has 0 aliphatic heterocycles. The normalized spacial score (nSPS) is 10.6. The van der Waals surface area contributed by atoms with E-state index >= 15 is 0 Å². The molecule has 5 nitrogen and oxygen atoms in total. The van der Waals surface area contributed by atoms with E-state index in [-0.39, 0.29) is 0 Å². The first-order chi connectivity index (χ1) is 12.0. The van der Waals surface area contributed by atoms with Gasteiger partial charge in [0.1, 0.15) is 12.0 Å². The lowest BCUT2D eigenvalue weighted by Crippen LogP contribution is -2.06. The number of hydrogen-bond acceptors (Lipinski definition) is 5. The van der Waals surface area contributed by atoms with Crippen molar-refractivity contribution >= 4 is 40.3 Å². The topological polar surface area (TPSA) is 75.9 Å². The highest BCUT2D eigenvalue weighted by molar-refractivity contribution is 6.31. The standard InChI is InChI=1S/C19H20ClN5/c1-11-7-8-15(12(2)9-11)24-18-17(21)19(23-10-22-18)25-16-6-4-5-14(20)13(16)3/h4-10H,21H2,1-3H3,(H2,22,23,24,25). The quantitative estimate of drug-likeness (QED) is 0.606. The van der Waals surface area contributed by atoms with E-state index in [0.717, 1.165) is 22.5 Å². The second-order valence-corrected chi connectivity index (χ2v) is 6.37. The van der Waals surface area contributed by atoms with E-state index in [4.69, 9.17) is 17.3 Å². The van der Waals surface area contributed by atoms with Gasteiger partial charge in [-0.1, -0.05) is 35.4 Å². The molecular weight excluding hydrogens is 334 g/mol. The lowest BCUT2D eigenvalue weighted by molar-refractivity contribution is 1.17. The highest BCUT2D eigenvalue weighted by Crippen LogP contribution is 2.31. The molecule has 0 aliphatic rings. The van der Waals surface area contributed by atoms with E-state index in [0.29, 0.717) is 22.3 Å². The van der Waals surface area contributed by atoms with Gasteiger partial charge < -0.3 is 16.4 Å². The van der Waals surface area contributed by atoms with Crippen LogP contribution in [0.4, 0.5) is 28.7 Å². The van der Waals surface area contributed by atoms with Gasteiger partial charge in [0.15, 0.2) is 11.6 Å². The van der Waals surface area contributed by atoms with Gasteiger partial charge in [0.05, 0.1) is 0 Å². The fourth-order valence-electron chi connectivity index (χ4n) is 2.55. The van der Waals surface area contributed by atoms with Crippen molar-refractivity contribution in [3.05, 3.63) is 64.4 Å². The number of aromatic nitrogens is 2. The molecule has 4 N–H and O–H groups in total. The number of hydrogen-bond donors (Lipinski definition) is 3. The summed E-state index contributed by atoms with van der Waals surface area (Å²) in [7, 11) is 0. The molecule has 3 aromatic rings. The molecule has 0 fully saturated rings. The Morgan fingerprint density at radius 3 is 2.28 bits per heavy atom. The van der Waals surface area contributed by atoms with E-state index in [9.17, 15) is 0 Å². The van der Waals surface area contributed by atoms with Crippen molar-refractivity contribution in [3.63, 3.8) is 0 Å². The third-order valence-corrected chi connectivity index (χ3v) is 4.45. The lowest BCUT2D eigenvalue weighted by Gasteiger charge is -2.15. The molecule has 0 bridgehead atoms. The maximum absolute atomic E-state index is 6.26. The van der Waals surface area contributed by atoms with Crippen LogP contribution in [0.15, 0.2) is 42.7 Å². The number of nitrogen functional groups attached to an aromatic ring is 1. The van der Waals surface area contributed by atoms with E-state index < -0.39 is 0 Å². The smallest absolute Gasteiger partial charge is 0.159 e. The zero-order valence-corrected chi connectivity index (χ0v) is 15.1. The van der Waals surface area contributed by atoms with Crippen LogP contribution in [0.5, 0.6) is 0 Å². The largest absolute Gasteiger partial charge is 0.393 e. The van der Waals surface area contributed by atoms with Gasteiger partial charge in [-0.2, -0.15) is 0 Å². The van der Waals surface area contributed by atoms with Gasteiger partial charge in [-0.05, 0) is 50.1 Å². The molecule has 2 aromatic carbocycles. The van der Waals surface area contributed by atoms with Gasteiger partial charge in [-0.15, -0.1) is 0 Å². The number of halogens is 1. The summed E-state index contributed by atoms with van der Waals surface area (Å²) >= 11 is 6.17. The van der Waals surface area contributed by atoms with Crippen LogP contribution in [0, 0.1) is 20.8 Å². The Hall–Kier alpha value is -2.79. The predicted octanol–water partition coefficient (Wildman–Crippen LogP) is 5.12. The molecule has 0 spiro atoms. The molecule has 0 atom stereocenters. The Balaban J connectivity index is 1.91. The van der Waals surface area contributed by atoms with E-state index in [1.54, 1.807) is 0 Å². The summed E-state index contributed by atoms with van der Waals surface area (Å²) in [5.74, 6) is 1.09. The van der Waals surface area contributed by atoms with Crippen molar-refractivity contribution in [2.24, 2.45) is 0 Å². The van der Waals surface area contributed by atoms with E-state index in [1.807, 2.05) is 44.2 Å². The molecule has 0 unspecified atom stereocenters. The van der Waals surface area contributed by atoms with E-state index in [2.05, 4.69) is 33.6 Å². The Morgan fingerprint density at radius 1 is 0.920 bits per heavy atom. The molecular formula is C19H20ClN5. The molecule has 0 saturated heterocycles. The summed E-state index contributed by atoms with van der Waals surface area (Å²) in [4.78, 5) is 8.52. The van der Waals surface area contributed by atoms with Crippen LogP contribution in [0.2, 0.25) is 5.02 Å². The van der Waals surface area contributed by atoms with Crippen molar-refractivity contribution in [1.29, 1.82) is 0 Å². The zero-order chi connectivity index (χ0) is 18.0. The molecule has 0 aliphatic carbocycles. The van der Waals surface area contributed by atoms with Gasteiger partial charge in [0, 0.05) is 16.4 Å². The summed E-state index contributed by atoms with van der Waals surface area (Å²) in [5, 5.41) is 7.19. The maximum atomic E-state index is 6.26. The summed E-state index contributed by atoms with van der Waals surface area (Å²) in [6.45, 7) is 6.04. The summed E-state index contributed by atoms with van der Waals surface area (Å²) in [5.41, 5.74) is 11.8. The average molecular weight is 354 g/mol. The van der Waals surface area contributed by atoms with E-state index in [1.165, 1.54) is 11.9 Å². The van der Waals surface area contributed by atoms with Crippen LogP contribution in [0.1, 0.15) is 16.7 Å². The van der Waals surface area contributed by atoms with Crippen molar-refractivity contribution < 1.29 is 0 Å². The number of nitrogens with two attached hydrogens (primary N) is 1. The molecule has 0 radical (unpaired) electrons. The summed E-state index contributed by atoms with van der Waals surface area (Å²) in [6.07, 6.45) is 1.48. The first-order valence-corrected chi connectivity index (χ1v) is 8.30. The molecule has 0 amide bonds. The Morgan fingerprint density at radius 2 is 1.60 bits per heavy atom. The minimum Gasteiger partial charge on any atom is -0.393 e. The number of rotatable bonds is 4. The second kappa shape index (κ2) is 6.99. The maximum Gasteiger partial charge on any atom is 0.159 e. The third kappa shape index (κ3) is 3.67. The fraction of sp³-hybridized carbons (Fsp3) is 0.158. The predicted molar refractivity (Wildman–Crippen MR) is 105 cm³/mol. The van der Waals surface area contributed by atoms with Crippen LogP contribution in [0.25, 0.3) is 0 Å². The van der Waals surface area contributed by atoms with Crippen LogP contribution in [-0.2, 0) is 0 Å². The summed E-state index contributed by atoms with van der Waals surface area (Å²) < 4.78 is 0. The van der Waals surface area contributed by atoms with Gasteiger partial charge >= 0.3 is 0 Å². The number of benzene rings is 2. The molecule has 1 heterocycles. The molecule has 6 heteroatoms. The number of nitrogens with zero attached hydrogens (tertiary/aromatic N) is 2. The Labute approximate surface area is 152 Å². The Kier molecular flexibility index (Phi) is 4.76. The highest BCUT2D eigenvalue weighted by Gasteiger charge is 2.11. The first kappa shape index (κ1) is 17.0. The lowest BCUT2D eigenvalue weighted by atomic mass is 10.1. The SMILES string of the molecule is Cc1ccc(Nc2ncnc(Nc3cccc(Cl)c3C)c2N)c(C)c1. The first-order valence-electron chi connectivity index (χ1n) is 7.92. The van der Waals surface area contributed by atoms with Gasteiger partial charge in [-0.3, -0.25) is 0 Å². The summed E-state index contributed by atoms with van der Waals surface area (Å²) in [6, 6.07) is 11.8. The number of aryl methyl sites for hydroxylation is 2. The molecule has 128 valence electrons. The Bertz CT molecular complexity index is 924. The minimum atomic E-state index is 0.446. The van der Waals surface area contributed by atoms with Crippen LogP contribution in [0.3, 0.4) is 0 Å². The van der Waals surface area contributed by atoms with Crippen molar-refractivity contribution in [2.75, 3.05) is 16.4 Å². The van der Waals surface area contributed by atoms with Crippen molar-refractivity contribution in [2.45, 2.75) is 20.8 Å². The van der Waals surface area contributed by atoms with Crippen molar-refractivity contribution in [1.82, 2.24) is 9.97 Å². The monoisotopic (exact) mass is 353 g/mol.